The summed E-state index contributed by atoms with van der Waals surface area (Å²) in [5.41, 5.74) is 0.486. The number of hydrogen-bond donors (Lipinski definition) is 1. The van der Waals surface area contributed by atoms with Crippen LogP contribution in [0.1, 0.15) is 57.8 Å². The van der Waals surface area contributed by atoms with Crippen LogP contribution < -0.4 is 0 Å². The van der Waals surface area contributed by atoms with Crippen LogP contribution in [-0.4, -0.2) is 49.0 Å². The van der Waals surface area contributed by atoms with E-state index in [0.29, 0.717) is 12.0 Å². The number of hydrogen-bond acceptors (Lipinski definition) is 3. The summed E-state index contributed by atoms with van der Waals surface area (Å²) in [4.78, 5) is 2.41. The molecule has 3 nitrogen and oxygen atoms in total. The van der Waals surface area contributed by atoms with Crippen molar-refractivity contribution in [1.82, 2.24) is 4.90 Å². The molecule has 1 saturated heterocycles. The van der Waals surface area contributed by atoms with Gasteiger partial charge < -0.3 is 14.7 Å². The molecule has 22 heavy (non-hydrogen) atoms. The molecule has 0 spiro atoms. The summed E-state index contributed by atoms with van der Waals surface area (Å²) >= 11 is 0. The molecule has 4 bridgehead atoms. The molecule has 126 valence electrons. The van der Waals surface area contributed by atoms with E-state index < -0.39 is 0 Å². The molecule has 1 N–H and O–H groups in total. The lowest BCUT2D eigenvalue weighted by Gasteiger charge is -2.56. The average Bonchev–Trinajstić information content (AvgIpc) is 2.46. The molecule has 5 rings (SSSR count). The Morgan fingerprint density at radius 1 is 0.955 bits per heavy atom. The monoisotopic (exact) mass is 307 g/mol. The normalized spacial score (nSPS) is 42.7. The summed E-state index contributed by atoms with van der Waals surface area (Å²) in [6.07, 6.45) is 12.3. The molecular weight excluding hydrogens is 274 g/mol. The molecule has 0 amide bonds. The van der Waals surface area contributed by atoms with Crippen molar-refractivity contribution in [3.8, 4) is 0 Å². The maximum Gasteiger partial charge on any atom is 0.0900 e. The molecule has 0 aromatic heterocycles. The second-order valence-corrected chi connectivity index (χ2v) is 8.95. The molecular formula is C19H33NO2. The number of aliphatic hydroxyl groups excluding tert-OH is 1. The minimum atomic E-state index is -0.299. The molecule has 5 aliphatic rings. The minimum absolute atomic E-state index is 0.299. The van der Waals surface area contributed by atoms with Crippen molar-refractivity contribution in [2.75, 3.05) is 32.8 Å². The van der Waals surface area contributed by atoms with Crippen LogP contribution in [0.4, 0.5) is 0 Å². The second-order valence-electron chi connectivity index (χ2n) is 8.95. The van der Waals surface area contributed by atoms with Gasteiger partial charge in [-0.1, -0.05) is 6.42 Å². The van der Waals surface area contributed by atoms with E-state index in [4.69, 9.17) is 4.74 Å². The van der Waals surface area contributed by atoms with Crippen LogP contribution in [0.2, 0.25) is 0 Å². The highest BCUT2D eigenvalue weighted by molar-refractivity contribution is 5.01. The van der Waals surface area contributed by atoms with Crippen LogP contribution in [0.5, 0.6) is 0 Å². The molecule has 4 saturated carbocycles. The fraction of sp³-hybridized carbons (Fsp3) is 1.00. The zero-order valence-electron chi connectivity index (χ0n) is 14.0. The Bertz CT molecular complexity index is 342. The van der Waals surface area contributed by atoms with E-state index in [1.54, 1.807) is 0 Å². The van der Waals surface area contributed by atoms with Crippen molar-refractivity contribution in [3.63, 3.8) is 0 Å². The first-order chi connectivity index (χ1) is 10.7. The Hall–Kier alpha value is -0.120. The van der Waals surface area contributed by atoms with E-state index in [-0.39, 0.29) is 6.10 Å². The van der Waals surface area contributed by atoms with Gasteiger partial charge in [0.25, 0.3) is 0 Å². The average molecular weight is 307 g/mol. The first-order valence-corrected chi connectivity index (χ1v) is 9.69. The van der Waals surface area contributed by atoms with E-state index in [9.17, 15) is 5.11 Å². The zero-order valence-corrected chi connectivity index (χ0v) is 14.0. The Balaban J connectivity index is 1.21. The summed E-state index contributed by atoms with van der Waals surface area (Å²) in [5.74, 6) is 2.98. The summed E-state index contributed by atoms with van der Waals surface area (Å²) in [5, 5.41) is 10.2. The van der Waals surface area contributed by atoms with Gasteiger partial charge in [0, 0.05) is 6.54 Å². The molecule has 4 aliphatic carbocycles. The first kappa shape index (κ1) is 15.4. The fourth-order valence-corrected chi connectivity index (χ4v) is 6.37. The summed E-state index contributed by atoms with van der Waals surface area (Å²) in [6.45, 7) is 4.57. The van der Waals surface area contributed by atoms with Gasteiger partial charge in [-0.3, -0.25) is 0 Å². The third-order valence-corrected chi connectivity index (χ3v) is 6.80. The van der Waals surface area contributed by atoms with E-state index >= 15 is 0 Å². The van der Waals surface area contributed by atoms with Crippen molar-refractivity contribution in [3.05, 3.63) is 0 Å². The van der Waals surface area contributed by atoms with Gasteiger partial charge in [-0.2, -0.15) is 0 Å². The largest absolute Gasteiger partial charge is 0.389 e. The van der Waals surface area contributed by atoms with Gasteiger partial charge in [0.1, 0.15) is 0 Å². The van der Waals surface area contributed by atoms with E-state index in [1.165, 1.54) is 57.8 Å². The predicted octanol–water partition coefficient (Wildman–Crippen LogP) is 3.07. The van der Waals surface area contributed by atoms with Crippen LogP contribution in [0, 0.1) is 23.2 Å². The molecule has 1 aliphatic heterocycles. The van der Waals surface area contributed by atoms with Gasteiger partial charge in [-0.15, -0.1) is 0 Å². The van der Waals surface area contributed by atoms with Crippen LogP contribution >= 0.6 is 0 Å². The lowest BCUT2D eigenvalue weighted by molar-refractivity contribution is -0.107. The highest BCUT2D eigenvalue weighted by atomic mass is 16.5. The molecule has 0 aromatic rings. The molecule has 3 heteroatoms. The molecule has 1 atom stereocenters. The minimum Gasteiger partial charge on any atom is -0.389 e. The van der Waals surface area contributed by atoms with Crippen molar-refractivity contribution in [2.24, 2.45) is 23.2 Å². The summed E-state index contributed by atoms with van der Waals surface area (Å²) < 4.78 is 6.05. The van der Waals surface area contributed by atoms with Gasteiger partial charge >= 0.3 is 0 Å². The number of likely N-dealkylation sites (tertiary alicyclic amines) is 1. The quantitative estimate of drug-likeness (QED) is 0.818. The van der Waals surface area contributed by atoms with E-state index in [2.05, 4.69) is 4.90 Å². The van der Waals surface area contributed by atoms with E-state index in [0.717, 1.165) is 44.0 Å². The highest BCUT2D eigenvalue weighted by Gasteiger charge is 2.50. The maximum atomic E-state index is 10.2. The van der Waals surface area contributed by atoms with E-state index in [1.807, 2.05) is 0 Å². The fourth-order valence-electron chi connectivity index (χ4n) is 6.37. The Labute approximate surface area is 135 Å². The van der Waals surface area contributed by atoms with Crippen LogP contribution in [0.25, 0.3) is 0 Å². The van der Waals surface area contributed by atoms with Gasteiger partial charge in [-0.25, -0.2) is 0 Å². The Morgan fingerprint density at radius 2 is 1.55 bits per heavy atom. The molecule has 5 fully saturated rings. The first-order valence-electron chi connectivity index (χ1n) is 9.69. The molecule has 1 unspecified atom stereocenters. The third kappa shape index (κ3) is 3.37. The summed E-state index contributed by atoms with van der Waals surface area (Å²) in [7, 11) is 0. The molecule has 1 heterocycles. The SMILES string of the molecule is OC(COCC12CC3CC(CC(C3)C1)C2)CN1CCCCC1. The van der Waals surface area contributed by atoms with Crippen molar-refractivity contribution in [1.29, 1.82) is 0 Å². The molecule has 0 radical (unpaired) electrons. The number of rotatable bonds is 6. The zero-order chi connectivity index (χ0) is 15.0. The number of nitrogens with zero attached hydrogens (tertiary/aromatic N) is 1. The second kappa shape index (κ2) is 6.41. The lowest BCUT2D eigenvalue weighted by Crippen LogP contribution is -2.48. The lowest BCUT2D eigenvalue weighted by atomic mass is 9.50. The van der Waals surface area contributed by atoms with Crippen molar-refractivity contribution in [2.45, 2.75) is 63.9 Å². The number of piperidine rings is 1. The summed E-state index contributed by atoms with van der Waals surface area (Å²) in [6, 6.07) is 0. The van der Waals surface area contributed by atoms with Gasteiger partial charge in [-0.05, 0) is 87.6 Å². The van der Waals surface area contributed by atoms with Gasteiger partial charge in [0.05, 0.1) is 19.3 Å². The Morgan fingerprint density at radius 3 is 2.14 bits per heavy atom. The van der Waals surface area contributed by atoms with Gasteiger partial charge in [0.2, 0.25) is 0 Å². The topological polar surface area (TPSA) is 32.7 Å². The standard InChI is InChI=1S/C19H33NO2/c21-18(12-20-4-2-1-3-5-20)13-22-14-19-9-15-6-16(10-19)8-17(7-15)11-19/h15-18,21H,1-14H2. The van der Waals surface area contributed by atoms with Crippen molar-refractivity contribution >= 4 is 0 Å². The predicted molar refractivity (Wildman–Crippen MR) is 87.7 cm³/mol. The Kier molecular flexibility index (Phi) is 4.49. The number of ether oxygens (including phenoxy) is 1. The third-order valence-electron chi connectivity index (χ3n) is 6.80. The maximum absolute atomic E-state index is 10.2. The number of aliphatic hydroxyl groups is 1. The van der Waals surface area contributed by atoms with Crippen LogP contribution in [0.15, 0.2) is 0 Å². The highest BCUT2D eigenvalue weighted by Crippen LogP contribution is 2.60. The van der Waals surface area contributed by atoms with Crippen molar-refractivity contribution < 1.29 is 9.84 Å². The smallest absolute Gasteiger partial charge is 0.0900 e. The van der Waals surface area contributed by atoms with Crippen LogP contribution in [0.3, 0.4) is 0 Å². The molecule has 0 aromatic carbocycles. The number of β-amino-alcohol motifs (C(OH)–C–C–N with tert-alkyl or cyclic N) is 1. The van der Waals surface area contributed by atoms with Crippen LogP contribution in [-0.2, 0) is 4.74 Å². The van der Waals surface area contributed by atoms with Gasteiger partial charge in [0.15, 0.2) is 0 Å².